The molecule has 2 aromatic heterocycles. The van der Waals surface area contributed by atoms with Gasteiger partial charge in [0.05, 0.1) is 14.2 Å². The van der Waals surface area contributed by atoms with Crippen LogP contribution in [0.3, 0.4) is 0 Å². The van der Waals surface area contributed by atoms with E-state index in [9.17, 15) is 9.59 Å². The van der Waals surface area contributed by atoms with Gasteiger partial charge in [0.1, 0.15) is 5.76 Å². The number of methoxy groups -OCH3 is 2. The number of carbonyl (C=O) groups is 2. The summed E-state index contributed by atoms with van der Waals surface area (Å²) in [7, 11) is 2.32. The highest BCUT2D eigenvalue weighted by atomic mass is 16.5. The maximum Gasteiger partial charge on any atom is 0.376 e. The molecule has 0 unspecified atom stereocenters. The molecule has 100 valence electrons. The van der Waals surface area contributed by atoms with Crippen LogP contribution in [0.1, 0.15) is 26.8 Å². The van der Waals surface area contributed by atoms with E-state index in [-0.39, 0.29) is 23.0 Å². The van der Waals surface area contributed by atoms with E-state index < -0.39 is 11.9 Å². The van der Waals surface area contributed by atoms with E-state index in [2.05, 4.69) is 19.6 Å². The molecule has 0 aliphatic carbocycles. The summed E-state index contributed by atoms with van der Waals surface area (Å²) in [5.74, 6) is -1.48. The Balaban J connectivity index is 2.51. The first-order valence-electron chi connectivity index (χ1n) is 5.18. The van der Waals surface area contributed by atoms with Gasteiger partial charge in [0, 0.05) is 6.07 Å². The molecule has 2 heterocycles. The summed E-state index contributed by atoms with van der Waals surface area (Å²) in [6, 6.07) is 1.55. The third kappa shape index (κ3) is 2.32. The number of ether oxygens (including phenoxy) is 2. The van der Waals surface area contributed by atoms with Crippen LogP contribution >= 0.6 is 0 Å². The van der Waals surface area contributed by atoms with Gasteiger partial charge in [-0.3, -0.25) is 0 Å². The summed E-state index contributed by atoms with van der Waals surface area (Å²) in [6.45, 7) is 1.68. The second kappa shape index (κ2) is 4.92. The Morgan fingerprint density at radius 2 is 1.89 bits per heavy atom. The van der Waals surface area contributed by atoms with Gasteiger partial charge in [-0.2, -0.15) is 4.98 Å². The Kier molecular flexibility index (Phi) is 3.32. The van der Waals surface area contributed by atoms with Gasteiger partial charge >= 0.3 is 11.9 Å². The van der Waals surface area contributed by atoms with E-state index in [4.69, 9.17) is 8.94 Å². The summed E-state index contributed by atoms with van der Waals surface area (Å²) in [5, 5.41) is 3.68. The van der Waals surface area contributed by atoms with E-state index >= 15 is 0 Å². The second-order valence-corrected chi connectivity index (χ2v) is 3.50. The van der Waals surface area contributed by atoms with Crippen molar-refractivity contribution in [3.8, 4) is 11.6 Å². The zero-order valence-electron chi connectivity index (χ0n) is 10.4. The Labute approximate surface area is 107 Å². The Morgan fingerprint density at radius 1 is 1.21 bits per heavy atom. The molecule has 8 heteroatoms. The maximum atomic E-state index is 11.5. The fourth-order valence-electron chi connectivity index (χ4n) is 1.36. The normalized spacial score (nSPS) is 10.3. The average Bonchev–Trinajstić information content (AvgIpc) is 3.02. The summed E-state index contributed by atoms with van der Waals surface area (Å²) < 4.78 is 19.1. The van der Waals surface area contributed by atoms with Crippen molar-refractivity contribution in [1.82, 2.24) is 10.1 Å². The number of oxazole rings is 1. The minimum absolute atomic E-state index is 0.0300. The first-order chi connectivity index (χ1) is 9.06. The number of esters is 2. The van der Waals surface area contributed by atoms with Gasteiger partial charge in [-0.25, -0.2) is 9.59 Å². The van der Waals surface area contributed by atoms with Crippen LogP contribution in [0, 0.1) is 6.92 Å². The van der Waals surface area contributed by atoms with E-state index in [1.54, 1.807) is 13.0 Å². The zero-order valence-corrected chi connectivity index (χ0v) is 10.4. The highest BCUT2D eigenvalue weighted by Gasteiger charge is 2.28. The standard InChI is InChI=1S/C11H10N2O6/c1-5-4-6(13-19-5)9-12-7(10(14)16-2)8(18-9)11(15)17-3/h4H,1-3H3. The SMILES string of the molecule is COC(=O)c1nc(-c2cc(C)on2)oc1C(=O)OC. The monoisotopic (exact) mass is 266 g/mol. The van der Waals surface area contributed by atoms with Crippen molar-refractivity contribution in [3.05, 3.63) is 23.3 Å². The molecule has 0 spiro atoms. The summed E-state index contributed by atoms with van der Waals surface area (Å²) in [4.78, 5) is 26.9. The quantitative estimate of drug-likeness (QED) is 0.763. The maximum absolute atomic E-state index is 11.5. The fourth-order valence-corrected chi connectivity index (χ4v) is 1.36. The highest BCUT2D eigenvalue weighted by Crippen LogP contribution is 2.22. The molecule has 0 atom stereocenters. The van der Waals surface area contributed by atoms with E-state index in [1.165, 1.54) is 0 Å². The Morgan fingerprint density at radius 3 is 2.42 bits per heavy atom. The molecule has 0 bridgehead atoms. The van der Waals surface area contributed by atoms with Gasteiger partial charge in [0.25, 0.3) is 0 Å². The fraction of sp³-hybridized carbons (Fsp3) is 0.273. The topological polar surface area (TPSA) is 105 Å². The Hall–Kier alpha value is -2.64. The average molecular weight is 266 g/mol. The van der Waals surface area contributed by atoms with E-state index in [1.807, 2.05) is 0 Å². The van der Waals surface area contributed by atoms with Crippen molar-refractivity contribution in [1.29, 1.82) is 0 Å². The molecule has 0 aliphatic rings. The molecule has 0 amide bonds. The van der Waals surface area contributed by atoms with Gasteiger partial charge in [0.15, 0.2) is 5.69 Å². The van der Waals surface area contributed by atoms with E-state index in [0.29, 0.717) is 5.76 Å². The van der Waals surface area contributed by atoms with Gasteiger partial charge in [-0.15, -0.1) is 0 Å². The number of carbonyl (C=O) groups excluding carboxylic acids is 2. The first kappa shape index (κ1) is 12.8. The van der Waals surface area contributed by atoms with Crippen molar-refractivity contribution in [2.75, 3.05) is 14.2 Å². The van der Waals surface area contributed by atoms with Gasteiger partial charge in [0.2, 0.25) is 17.3 Å². The predicted molar refractivity (Wildman–Crippen MR) is 59.4 cm³/mol. The Bertz CT molecular complexity index is 593. The lowest BCUT2D eigenvalue weighted by molar-refractivity contribution is 0.0527. The summed E-state index contributed by atoms with van der Waals surface area (Å²) >= 11 is 0. The van der Waals surface area contributed by atoms with Gasteiger partial charge in [-0.1, -0.05) is 5.16 Å². The minimum Gasteiger partial charge on any atom is -0.464 e. The number of hydrogen-bond acceptors (Lipinski definition) is 8. The van der Waals surface area contributed by atoms with E-state index in [0.717, 1.165) is 14.2 Å². The van der Waals surface area contributed by atoms with Crippen LogP contribution in [0.15, 0.2) is 15.0 Å². The molecular formula is C11H10N2O6. The lowest BCUT2D eigenvalue weighted by Gasteiger charge is -1.96. The number of hydrogen-bond donors (Lipinski definition) is 0. The van der Waals surface area contributed by atoms with Gasteiger partial charge < -0.3 is 18.4 Å². The van der Waals surface area contributed by atoms with Crippen LogP contribution in [-0.2, 0) is 9.47 Å². The van der Waals surface area contributed by atoms with Crippen LogP contribution in [0.25, 0.3) is 11.6 Å². The van der Waals surface area contributed by atoms with Crippen molar-refractivity contribution in [3.63, 3.8) is 0 Å². The number of nitrogens with zero attached hydrogens (tertiary/aromatic N) is 2. The molecular weight excluding hydrogens is 256 g/mol. The van der Waals surface area contributed by atoms with Crippen molar-refractivity contribution >= 4 is 11.9 Å². The molecule has 0 aliphatic heterocycles. The second-order valence-electron chi connectivity index (χ2n) is 3.50. The molecule has 0 saturated carbocycles. The first-order valence-corrected chi connectivity index (χ1v) is 5.18. The molecule has 0 fully saturated rings. The van der Waals surface area contributed by atoms with Crippen LogP contribution < -0.4 is 0 Å². The van der Waals surface area contributed by atoms with Crippen LogP contribution in [0.5, 0.6) is 0 Å². The lowest BCUT2D eigenvalue weighted by Crippen LogP contribution is -2.10. The number of aryl methyl sites for hydroxylation is 1. The molecule has 0 saturated heterocycles. The molecule has 8 nitrogen and oxygen atoms in total. The zero-order chi connectivity index (χ0) is 14.0. The molecule has 0 N–H and O–H groups in total. The van der Waals surface area contributed by atoms with Crippen molar-refractivity contribution in [2.45, 2.75) is 6.92 Å². The predicted octanol–water partition coefficient (Wildman–Crippen LogP) is 1.21. The van der Waals surface area contributed by atoms with Crippen molar-refractivity contribution < 1.29 is 28.0 Å². The van der Waals surface area contributed by atoms with Crippen LogP contribution in [0.2, 0.25) is 0 Å². The smallest absolute Gasteiger partial charge is 0.376 e. The van der Waals surface area contributed by atoms with Crippen molar-refractivity contribution in [2.24, 2.45) is 0 Å². The number of aromatic nitrogens is 2. The summed E-state index contributed by atoms with van der Waals surface area (Å²) in [5.41, 5.74) is -0.0113. The van der Waals surface area contributed by atoms with Gasteiger partial charge in [-0.05, 0) is 6.92 Å². The van der Waals surface area contributed by atoms with Crippen LogP contribution in [-0.4, -0.2) is 36.3 Å². The minimum atomic E-state index is -0.834. The third-order valence-electron chi connectivity index (χ3n) is 2.22. The number of rotatable bonds is 3. The molecule has 2 aromatic rings. The lowest BCUT2D eigenvalue weighted by atomic mass is 10.3. The highest BCUT2D eigenvalue weighted by molar-refractivity contribution is 6.00. The molecule has 0 aromatic carbocycles. The molecule has 19 heavy (non-hydrogen) atoms. The third-order valence-corrected chi connectivity index (χ3v) is 2.22. The molecule has 0 radical (unpaired) electrons. The van der Waals surface area contributed by atoms with Crippen LogP contribution in [0.4, 0.5) is 0 Å². The summed E-state index contributed by atoms with van der Waals surface area (Å²) in [6.07, 6.45) is 0. The largest absolute Gasteiger partial charge is 0.464 e. The molecule has 2 rings (SSSR count).